The molecule has 0 unspecified atom stereocenters. The lowest BCUT2D eigenvalue weighted by atomic mass is 10.1. The number of methoxy groups -OCH3 is 1. The van der Waals surface area contributed by atoms with Crippen molar-refractivity contribution in [2.75, 3.05) is 45.3 Å². The molecule has 0 saturated heterocycles. The molecule has 0 radical (unpaired) electrons. The van der Waals surface area contributed by atoms with Crippen molar-refractivity contribution >= 4 is 29.3 Å². The minimum atomic E-state index is -1.11. The topological polar surface area (TPSA) is 104 Å². The van der Waals surface area contributed by atoms with Gasteiger partial charge in [0.2, 0.25) is 5.91 Å². The zero-order chi connectivity index (χ0) is 27.3. The Morgan fingerprint density at radius 1 is 1.26 bits per heavy atom. The van der Waals surface area contributed by atoms with Crippen LogP contribution in [0.15, 0.2) is 36.4 Å². The Morgan fingerprint density at radius 2 is 2.11 bits per heavy atom. The average Bonchev–Trinajstić information content (AvgIpc) is 2.91. The van der Waals surface area contributed by atoms with E-state index in [-0.39, 0.29) is 12.8 Å². The number of unbranched alkanes of at least 4 members (excludes halogenated alkanes) is 1. The van der Waals surface area contributed by atoms with Crippen LogP contribution in [-0.2, 0) is 33.6 Å². The predicted octanol–water partition coefficient (Wildman–Crippen LogP) is 3.90. The van der Waals surface area contributed by atoms with Crippen molar-refractivity contribution in [2.24, 2.45) is 0 Å². The molecular weight excluding hydrogens is 511 g/mol. The van der Waals surface area contributed by atoms with Crippen LogP contribution >= 0.6 is 11.6 Å². The Bertz CT molecular complexity index is 1050. The summed E-state index contributed by atoms with van der Waals surface area (Å²) in [4.78, 5) is 31.1. The van der Waals surface area contributed by atoms with Gasteiger partial charge < -0.3 is 25.4 Å². The van der Waals surface area contributed by atoms with Gasteiger partial charge in [-0.3, -0.25) is 4.79 Å². The van der Waals surface area contributed by atoms with E-state index >= 15 is 0 Å². The number of aliphatic carboxylic acids is 1. The van der Waals surface area contributed by atoms with Crippen LogP contribution in [0.25, 0.3) is 0 Å². The van der Waals surface area contributed by atoms with Gasteiger partial charge in [0.15, 0.2) is 0 Å². The van der Waals surface area contributed by atoms with Crippen LogP contribution in [0.5, 0.6) is 0 Å². The summed E-state index contributed by atoms with van der Waals surface area (Å²) in [6.07, 6.45) is 4.38. The van der Waals surface area contributed by atoms with Gasteiger partial charge >= 0.3 is 5.97 Å². The number of aryl methyl sites for hydroxylation is 2. The zero-order valence-corrected chi connectivity index (χ0v) is 22.7. The van der Waals surface area contributed by atoms with Crippen LogP contribution in [0.4, 0.5) is 10.2 Å². The maximum Gasteiger partial charge on any atom is 0.326 e. The molecule has 0 saturated carbocycles. The standard InChI is InChI=1S/C28H38ClFN4O4/c1-38-24(18-30)19-34(14-3-2-9-23-11-10-21-7-5-13-31-27(21)32-23)15-12-25(28(36)37)33-26(35)17-20-6-4-8-22(29)16-20/h4,6,8,10-11,16,24-25H,2-3,5,7,9,12-15,17-19H2,1H3,(H,31,32)(H,33,35)(H,36,37)/t24-,25+/m1/s1. The molecule has 1 amide bonds. The summed E-state index contributed by atoms with van der Waals surface area (Å²) in [5, 5.41) is 16.2. The first-order valence-corrected chi connectivity index (χ1v) is 13.6. The Hall–Kier alpha value is -2.75. The first-order valence-electron chi connectivity index (χ1n) is 13.2. The summed E-state index contributed by atoms with van der Waals surface area (Å²) < 4.78 is 18.6. The van der Waals surface area contributed by atoms with E-state index < -0.39 is 30.7 Å². The molecule has 3 N–H and O–H groups in total. The number of carboxylic acids is 1. The molecule has 0 aliphatic carbocycles. The summed E-state index contributed by atoms with van der Waals surface area (Å²) in [5.41, 5.74) is 3.00. The molecule has 0 fully saturated rings. The highest BCUT2D eigenvalue weighted by Gasteiger charge is 2.22. The third-order valence-electron chi connectivity index (χ3n) is 6.70. The number of amides is 1. The number of carboxylic acid groups (broad SMARTS) is 1. The molecule has 208 valence electrons. The highest BCUT2D eigenvalue weighted by Crippen LogP contribution is 2.20. The molecule has 0 spiro atoms. The van der Waals surface area contributed by atoms with Crippen LogP contribution < -0.4 is 10.6 Å². The monoisotopic (exact) mass is 548 g/mol. The van der Waals surface area contributed by atoms with Crippen LogP contribution in [0.1, 0.15) is 42.5 Å². The summed E-state index contributed by atoms with van der Waals surface area (Å²) >= 11 is 5.97. The Morgan fingerprint density at radius 3 is 2.84 bits per heavy atom. The lowest BCUT2D eigenvalue weighted by Gasteiger charge is -2.27. The van der Waals surface area contributed by atoms with Gasteiger partial charge in [0, 0.05) is 37.5 Å². The van der Waals surface area contributed by atoms with E-state index in [9.17, 15) is 19.1 Å². The van der Waals surface area contributed by atoms with Gasteiger partial charge in [-0.2, -0.15) is 0 Å². The van der Waals surface area contributed by atoms with E-state index in [0.29, 0.717) is 30.2 Å². The summed E-state index contributed by atoms with van der Waals surface area (Å²) in [6.45, 7) is 1.71. The fourth-order valence-electron chi connectivity index (χ4n) is 4.57. The fourth-order valence-corrected chi connectivity index (χ4v) is 4.78. The smallest absolute Gasteiger partial charge is 0.326 e. The third kappa shape index (κ3) is 9.85. The van der Waals surface area contributed by atoms with Gasteiger partial charge in [0.05, 0.1) is 12.5 Å². The molecule has 10 heteroatoms. The molecule has 8 nitrogen and oxygen atoms in total. The van der Waals surface area contributed by atoms with Crippen molar-refractivity contribution < 1.29 is 23.8 Å². The molecule has 1 aromatic heterocycles. The summed E-state index contributed by atoms with van der Waals surface area (Å²) in [7, 11) is 1.47. The number of pyridine rings is 1. The number of fused-ring (bicyclic) bond motifs is 1. The van der Waals surface area contributed by atoms with Gasteiger partial charge in [0.1, 0.15) is 18.5 Å². The number of anilines is 1. The minimum Gasteiger partial charge on any atom is -0.480 e. The van der Waals surface area contributed by atoms with E-state index in [0.717, 1.165) is 50.2 Å². The molecule has 2 heterocycles. The molecule has 38 heavy (non-hydrogen) atoms. The van der Waals surface area contributed by atoms with Crippen LogP contribution in [0.2, 0.25) is 5.02 Å². The van der Waals surface area contributed by atoms with E-state index in [1.54, 1.807) is 24.3 Å². The number of aromatic nitrogens is 1. The van der Waals surface area contributed by atoms with E-state index in [4.69, 9.17) is 21.3 Å². The quantitative estimate of drug-likeness (QED) is 0.273. The van der Waals surface area contributed by atoms with Gasteiger partial charge in [0.25, 0.3) is 0 Å². The number of alkyl halides is 1. The predicted molar refractivity (Wildman–Crippen MR) is 147 cm³/mol. The first-order chi connectivity index (χ1) is 18.4. The SMILES string of the molecule is CO[C@H](CF)CN(CCCCc1ccc2c(n1)NCCC2)CC[C@H](NC(=O)Cc1cccc(Cl)c1)C(=O)O. The highest BCUT2D eigenvalue weighted by molar-refractivity contribution is 6.30. The molecule has 1 aliphatic heterocycles. The third-order valence-corrected chi connectivity index (χ3v) is 6.93. The van der Waals surface area contributed by atoms with Crippen molar-refractivity contribution in [3.8, 4) is 0 Å². The van der Waals surface area contributed by atoms with Gasteiger partial charge in [-0.05, 0) is 74.4 Å². The number of halogens is 2. The molecule has 1 aromatic carbocycles. The van der Waals surface area contributed by atoms with Crippen molar-refractivity contribution in [1.29, 1.82) is 0 Å². The van der Waals surface area contributed by atoms with Crippen LogP contribution in [0, 0.1) is 0 Å². The molecular formula is C28H38ClFN4O4. The van der Waals surface area contributed by atoms with E-state index in [1.807, 2.05) is 4.90 Å². The highest BCUT2D eigenvalue weighted by atomic mass is 35.5. The number of rotatable bonds is 16. The van der Waals surface area contributed by atoms with Gasteiger partial charge in [-0.15, -0.1) is 0 Å². The lowest BCUT2D eigenvalue weighted by molar-refractivity contribution is -0.142. The molecule has 1 aliphatic rings. The van der Waals surface area contributed by atoms with Crippen molar-refractivity contribution in [3.63, 3.8) is 0 Å². The second-order valence-electron chi connectivity index (χ2n) is 9.66. The van der Waals surface area contributed by atoms with E-state index in [2.05, 4.69) is 22.8 Å². The zero-order valence-electron chi connectivity index (χ0n) is 21.9. The molecule has 2 atom stereocenters. The Balaban J connectivity index is 1.50. The number of hydrogen-bond acceptors (Lipinski definition) is 6. The molecule has 2 aromatic rings. The summed E-state index contributed by atoms with van der Waals surface area (Å²) in [6, 6.07) is 10.1. The van der Waals surface area contributed by atoms with E-state index in [1.165, 1.54) is 12.7 Å². The number of hydrogen-bond donors (Lipinski definition) is 3. The molecule has 3 rings (SSSR count). The van der Waals surface area contributed by atoms with Crippen molar-refractivity contribution in [1.82, 2.24) is 15.2 Å². The minimum absolute atomic E-state index is 0.0356. The maximum atomic E-state index is 13.4. The number of benzene rings is 1. The average molecular weight is 549 g/mol. The van der Waals surface area contributed by atoms with Crippen LogP contribution in [-0.4, -0.2) is 79.0 Å². The second kappa shape index (κ2) is 15.6. The number of nitrogens with one attached hydrogen (secondary N) is 2. The number of ether oxygens (including phenoxy) is 1. The Labute approximate surface area is 228 Å². The molecule has 0 bridgehead atoms. The number of carbonyl (C=O) groups excluding carboxylic acids is 1. The van der Waals surface area contributed by atoms with Crippen molar-refractivity contribution in [3.05, 3.63) is 58.2 Å². The van der Waals surface area contributed by atoms with Crippen LogP contribution in [0.3, 0.4) is 0 Å². The normalized spacial score (nSPS) is 14.4. The van der Waals surface area contributed by atoms with Gasteiger partial charge in [-0.1, -0.05) is 29.8 Å². The number of carbonyl (C=O) groups is 2. The maximum absolute atomic E-state index is 13.4. The first kappa shape index (κ1) is 29.8. The number of nitrogens with zero attached hydrogens (tertiary/aromatic N) is 2. The summed E-state index contributed by atoms with van der Waals surface area (Å²) in [5.74, 6) is -0.513. The Kier molecular flexibility index (Phi) is 12.2. The fraction of sp³-hybridized carbons (Fsp3) is 0.536. The largest absolute Gasteiger partial charge is 0.480 e. The van der Waals surface area contributed by atoms with Crippen molar-refractivity contribution in [2.45, 2.75) is 57.1 Å². The lowest BCUT2D eigenvalue weighted by Crippen LogP contribution is -2.45. The van der Waals surface area contributed by atoms with Gasteiger partial charge in [-0.25, -0.2) is 14.2 Å². The second-order valence-corrected chi connectivity index (χ2v) is 10.1.